The Morgan fingerprint density at radius 3 is 3.00 bits per heavy atom. The highest BCUT2D eigenvalue weighted by Crippen LogP contribution is 2.35. The molecule has 1 amide bonds. The second-order valence-corrected chi connectivity index (χ2v) is 6.55. The van der Waals surface area contributed by atoms with E-state index in [4.69, 9.17) is 18.6 Å². The number of fused-ring (bicyclic) bond motifs is 1. The number of hydrogen-bond donors (Lipinski definition) is 2. The van der Waals surface area contributed by atoms with Gasteiger partial charge in [0, 0.05) is 24.2 Å². The van der Waals surface area contributed by atoms with Crippen LogP contribution in [0.25, 0.3) is 0 Å². The van der Waals surface area contributed by atoms with E-state index in [2.05, 4.69) is 20.5 Å². The predicted molar refractivity (Wildman–Crippen MR) is 97.4 cm³/mol. The molecule has 2 aromatic heterocycles. The number of carbonyl (C=O) groups excluding carboxylic acids is 1. The van der Waals surface area contributed by atoms with E-state index in [1.165, 1.54) is 6.26 Å². The van der Waals surface area contributed by atoms with Crippen molar-refractivity contribution in [1.82, 2.24) is 20.5 Å². The van der Waals surface area contributed by atoms with Crippen molar-refractivity contribution in [2.24, 2.45) is 0 Å². The number of aromatic amines is 1. The first-order valence-corrected chi connectivity index (χ1v) is 8.85. The third kappa shape index (κ3) is 4.08. The van der Waals surface area contributed by atoms with Crippen molar-refractivity contribution in [3.63, 3.8) is 0 Å². The number of nitrogens with one attached hydrogen (secondary N) is 2. The standard InChI is InChI=1S/C19H20N4O5/c1-11(5-13-6-12(2)22-23-13)20-19(24)15-8-26-18(21-15)9-25-14-3-4-16-17(7-14)28-10-27-16/h3-4,6-8,11H,5,9-10H2,1-2H3,(H,20,24)(H,22,23)/t11-/m0/s1. The van der Waals surface area contributed by atoms with Crippen LogP contribution in [0.5, 0.6) is 17.2 Å². The predicted octanol–water partition coefficient (Wildman–Crippen LogP) is 2.37. The third-order valence-electron chi connectivity index (χ3n) is 4.14. The van der Waals surface area contributed by atoms with E-state index >= 15 is 0 Å². The van der Waals surface area contributed by atoms with Gasteiger partial charge in [0.1, 0.15) is 12.0 Å². The van der Waals surface area contributed by atoms with E-state index in [9.17, 15) is 4.79 Å². The van der Waals surface area contributed by atoms with Crippen LogP contribution in [-0.4, -0.2) is 33.9 Å². The molecule has 0 unspecified atom stereocenters. The normalized spacial score (nSPS) is 13.4. The van der Waals surface area contributed by atoms with Crippen molar-refractivity contribution in [3.8, 4) is 17.2 Å². The van der Waals surface area contributed by atoms with Gasteiger partial charge in [0.15, 0.2) is 23.8 Å². The van der Waals surface area contributed by atoms with Gasteiger partial charge in [-0.2, -0.15) is 5.10 Å². The number of hydrogen-bond acceptors (Lipinski definition) is 7. The Hall–Kier alpha value is -3.49. The number of rotatable bonds is 7. The number of benzene rings is 1. The molecule has 4 rings (SSSR count). The highest BCUT2D eigenvalue weighted by Gasteiger charge is 2.17. The molecule has 0 aliphatic carbocycles. The first-order chi connectivity index (χ1) is 13.6. The van der Waals surface area contributed by atoms with Crippen LogP contribution in [0, 0.1) is 6.92 Å². The molecule has 1 aromatic carbocycles. The highest BCUT2D eigenvalue weighted by atomic mass is 16.7. The number of ether oxygens (including phenoxy) is 3. The van der Waals surface area contributed by atoms with Crippen LogP contribution in [-0.2, 0) is 13.0 Å². The molecule has 0 radical (unpaired) electrons. The van der Waals surface area contributed by atoms with Gasteiger partial charge in [0.05, 0.1) is 5.69 Å². The molecule has 0 bridgehead atoms. The Morgan fingerprint density at radius 2 is 2.18 bits per heavy atom. The van der Waals surface area contributed by atoms with Gasteiger partial charge in [-0.25, -0.2) is 4.98 Å². The quantitative estimate of drug-likeness (QED) is 0.643. The van der Waals surface area contributed by atoms with Gasteiger partial charge >= 0.3 is 0 Å². The molecular formula is C19H20N4O5. The van der Waals surface area contributed by atoms with Crippen molar-refractivity contribution in [2.45, 2.75) is 32.9 Å². The molecule has 9 heteroatoms. The molecule has 3 aromatic rings. The van der Waals surface area contributed by atoms with Gasteiger partial charge in [-0.15, -0.1) is 0 Å². The summed E-state index contributed by atoms with van der Waals surface area (Å²) in [5.74, 6) is 1.90. The first kappa shape index (κ1) is 17.9. The van der Waals surface area contributed by atoms with E-state index < -0.39 is 0 Å². The SMILES string of the molecule is Cc1cc(C[C@H](C)NC(=O)c2coc(COc3ccc4c(c3)OCO4)n2)n[nH]1. The molecule has 0 saturated carbocycles. The van der Waals surface area contributed by atoms with Crippen LogP contribution < -0.4 is 19.5 Å². The van der Waals surface area contributed by atoms with Crippen LogP contribution in [0.15, 0.2) is 34.9 Å². The van der Waals surface area contributed by atoms with Crippen molar-refractivity contribution < 1.29 is 23.4 Å². The first-order valence-electron chi connectivity index (χ1n) is 8.85. The molecule has 28 heavy (non-hydrogen) atoms. The second kappa shape index (κ2) is 7.63. The fourth-order valence-corrected chi connectivity index (χ4v) is 2.83. The second-order valence-electron chi connectivity index (χ2n) is 6.55. The van der Waals surface area contributed by atoms with E-state index in [-0.39, 0.29) is 31.0 Å². The Balaban J connectivity index is 1.30. The van der Waals surface area contributed by atoms with Crippen LogP contribution in [0.3, 0.4) is 0 Å². The summed E-state index contributed by atoms with van der Waals surface area (Å²) < 4.78 is 21.5. The van der Waals surface area contributed by atoms with Gasteiger partial charge in [-0.05, 0) is 32.0 Å². The van der Waals surface area contributed by atoms with E-state index in [0.717, 1.165) is 11.4 Å². The number of amides is 1. The number of oxazole rings is 1. The summed E-state index contributed by atoms with van der Waals surface area (Å²) in [7, 11) is 0. The lowest BCUT2D eigenvalue weighted by molar-refractivity contribution is 0.0935. The van der Waals surface area contributed by atoms with Crippen molar-refractivity contribution in [2.75, 3.05) is 6.79 Å². The maximum Gasteiger partial charge on any atom is 0.273 e. The molecule has 0 fully saturated rings. The molecule has 1 atom stereocenters. The van der Waals surface area contributed by atoms with Gasteiger partial charge in [-0.1, -0.05) is 0 Å². The minimum absolute atomic E-state index is 0.0923. The molecule has 0 spiro atoms. The molecule has 146 valence electrons. The lowest BCUT2D eigenvalue weighted by atomic mass is 10.1. The summed E-state index contributed by atoms with van der Waals surface area (Å²) >= 11 is 0. The van der Waals surface area contributed by atoms with Gasteiger partial charge in [0.25, 0.3) is 5.91 Å². The fraction of sp³-hybridized carbons (Fsp3) is 0.316. The van der Waals surface area contributed by atoms with Gasteiger partial charge < -0.3 is 23.9 Å². The molecule has 3 heterocycles. The number of carbonyl (C=O) groups is 1. The summed E-state index contributed by atoms with van der Waals surface area (Å²) in [6, 6.07) is 7.12. The monoisotopic (exact) mass is 384 g/mol. The zero-order chi connectivity index (χ0) is 19.5. The highest BCUT2D eigenvalue weighted by molar-refractivity contribution is 5.92. The number of aryl methyl sites for hydroxylation is 1. The molecule has 0 saturated heterocycles. The van der Waals surface area contributed by atoms with Gasteiger partial charge in [0.2, 0.25) is 12.7 Å². The summed E-state index contributed by atoms with van der Waals surface area (Å²) in [5, 5.41) is 9.94. The summed E-state index contributed by atoms with van der Waals surface area (Å²) in [6.07, 6.45) is 1.94. The molecular weight excluding hydrogens is 364 g/mol. The zero-order valence-corrected chi connectivity index (χ0v) is 15.5. The van der Waals surface area contributed by atoms with E-state index in [1.807, 2.05) is 19.9 Å². The number of H-pyrrole nitrogens is 1. The smallest absolute Gasteiger partial charge is 0.273 e. The maximum atomic E-state index is 12.3. The van der Waals surface area contributed by atoms with Crippen LogP contribution in [0.4, 0.5) is 0 Å². The average Bonchev–Trinajstić information content (AvgIpc) is 3.40. The maximum absolute atomic E-state index is 12.3. The molecule has 1 aliphatic heterocycles. The summed E-state index contributed by atoms with van der Waals surface area (Å²) in [5.41, 5.74) is 2.08. The third-order valence-corrected chi connectivity index (χ3v) is 4.14. The fourth-order valence-electron chi connectivity index (χ4n) is 2.83. The molecule has 9 nitrogen and oxygen atoms in total. The summed E-state index contributed by atoms with van der Waals surface area (Å²) in [6.45, 7) is 4.14. The van der Waals surface area contributed by atoms with E-state index in [0.29, 0.717) is 29.6 Å². The Labute approximate surface area is 161 Å². The van der Waals surface area contributed by atoms with Crippen molar-refractivity contribution in [3.05, 3.63) is 53.5 Å². The molecule has 1 aliphatic rings. The lowest BCUT2D eigenvalue weighted by Crippen LogP contribution is -2.34. The minimum atomic E-state index is -0.308. The Morgan fingerprint density at radius 1 is 1.32 bits per heavy atom. The van der Waals surface area contributed by atoms with Gasteiger partial charge in [-0.3, -0.25) is 9.89 Å². The van der Waals surface area contributed by atoms with Crippen LogP contribution >= 0.6 is 0 Å². The number of nitrogens with zero attached hydrogens (tertiary/aromatic N) is 2. The number of aromatic nitrogens is 3. The Kier molecular flexibility index (Phi) is 4.88. The topological polar surface area (TPSA) is 112 Å². The largest absolute Gasteiger partial charge is 0.484 e. The Bertz CT molecular complexity index is 980. The average molecular weight is 384 g/mol. The minimum Gasteiger partial charge on any atom is -0.484 e. The lowest BCUT2D eigenvalue weighted by Gasteiger charge is -2.10. The van der Waals surface area contributed by atoms with Crippen molar-refractivity contribution >= 4 is 5.91 Å². The zero-order valence-electron chi connectivity index (χ0n) is 15.5. The van der Waals surface area contributed by atoms with Crippen LogP contribution in [0.2, 0.25) is 0 Å². The van der Waals surface area contributed by atoms with E-state index in [1.54, 1.807) is 18.2 Å². The van der Waals surface area contributed by atoms with Crippen molar-refractivity contribution in [1.29, 1.82) is 0 Å². The van der Waals surface area contributed by atoms with Crippen LogP contribution in [0.1, 0.15) is 34.7 Å². The summed E-state index contributed by atoms with van der Waals surface area (Å²) in [4.78, 5) is 16.5. The molecule has 2 N–H and O–H groups in total.